The molecule has 1 aliphatic rings. The molecule has 0 saturated carbocycles. The second kappa shape index (κ2) is 6.43. The summed E-state index contributed by atoms with van der Waals surface area (Å²) in [5, 5.41) is 2.79. The summed E-state index contributed by atoms with van der Waals surface area (Å²) >= 11 is 1.63. The van der Waals surface area contributed by atoms with E-state index in [0.29, 0.717) is 18.6 Å². The quantitative estimate of drug-likeness (QED) is 0.836. The molecule has 1 aromatic rings. The van der Waals surface area contributed by atoms with Gasteiger partial charge in [0.1, 0.15) is 0 Å². The maximum atomic E-state index is 11.7. The third-order valence-electron chi connectivity index (χ3n) is 2.94. The molecule has 104 valence electrons. The molecule has 1 heterocycles. The first-order valence-electron chi connectivity index (χ1n) is 6.23. The minimum atomic E-state index is -2.92. The highest BCUT2D eigenvalue weighted by atomic mass is 32.2. The number of hydrogen-bond donors (Lipinski definition) is 1. The van der Waals surface area contributed by atoms with Gasteiger partial charge in [-0.1, -0.05) is 18.2 Å². The molecule has 1 atom stereocenters. The number of carbonyl (C=O) groups excluding carboxylic acids is 1. The van der Waals surface area contributed by atoms with Crippen LogP contribution in [0.2, 0.25) is 0 Å². The topological polar surface area (TPSA) is 63.2 Å². The van der Waals surface area contributed by atoms with E-state index in [1.54, 1.807) is 11.8 Å². The molecular weight excluding hydrogens is 282 g/mol. The monoisotopic (exact) mass is 299 g/mol. The standard InChI is InChI=1S/C13H17NO3S2/c15-13(14-11-7-9-19(16,17)10-11)6-8-18-12-4-2-1-3-5-12/h1-5,11H,6-10H2,(H,14,15). The van der Waals surface area contributed by atoms with Crippen molar-refractivity contribution in [2.75, 3.05) is 17.3 Å². The number of nitrogens with one attached hydrogen (secondary N) is 1. The lowest BCUT2D eigenvalue weighted by Crippen LogP contribution is -2.35. The van der Waals surface area contributed by atoms with E-state index in [2.05, 4.69) is 5.32 Å². The Morgan fingerprint density at radius 2 is 2.05 bits per heavy atom. The molecule has 1 N–H and O–H groups in total. The molecule has 19 heavy (non-hydrogen) atoms. The van der Waals surface area contributed by atoms with Crippen LogP contribution in [-0.2, 0) is 14.6 Å². The molecule has 2 rings (SSSR count). The van der Waals surface area contributed by atoms with Gasteiger partial charge < -0.3 is 5.32 Å². The summed E-state index contributed by atoms with van der Waals surface area (Å²) in [6.45, 7) is 0. The van der Waals surface area contributed by atoms with Gasteiger partial charge in [-0.2, -0.15) is 0 Å². The second-order valence-corrected chi connectivity index (χ2v) is 7.98. The zero-order valence-corrected chi connectivity index (χ0v) is 12.2. The maximum Gasteiger partial charge on any atom is 0.221 e. The van der Waals surface area contributed by atoms with Crippen LogP contribution in [0.15, 0.2) is 35.2 Å². The van der Waals surface area contributed by atoms with E-state index in [1.165, 1.54) is 0 Å². The van der Waals surface area contributed by atoms with Crippen LogP contribution in [0.1, 0.15) is 12.8 Å². The number of rotatable bonds is 5. The van der Waals surface area contributed by atoms with Gasteiger partial charge in [0.2, 0.25) is 5.91 Å². The summed E-state index contributed by atoms with van der Waals surface area (Å²) in [4.78, 5) is 12.8. The van der Waals surface area contributed by atoms with Crippen LogP contribution in [0.25, 0.3) is 0 Å². The number of thioether (sulfide) groups is 1. The van der Waals surface area contributed by atoms with Crippen molar-refractivity contribution < 1.29 is 13.2 Å². The van der Waals surface area contributed by atoms with E-state index in [1.807, 2.05) is 30.3 Å². The van der Waals surface area contributed by atoms with Gasteiger partial charge in [0.05, 0.1) is 11.5 Å². The van der Waals surface area contributed by atoms with Gasteiger partial charge >= 0.3 is 0 Å². The maximum absolute atomic E-state index is 11.7. The van der Waals surface area contributed by atoms with Crippen molar-refractivity contribution in [2.45, 2.75) is 23.8 Å². The largest absolute Gasteiger partial charge is 0.352 e. The zero-order chi connectivity index (χ0) is 13.7. The fourth-order valence-corrected chi connectivity index (χ4v) is 4.53. The third kappa shape index (κ3) is 4.87. The van der Waals surface area contributed by atoms with Crippen molar-refractivity contribution in [3.63, 3.8) is 0 Å². The Balaban J connectivity index is 1.68. The Kier molecular flexibility index (Phi) is 4.87. The van der Waals surface area contributed by atoms with Gasteiger partial charge in [0.15, 0.2) is 9.84 Å². The lowest BCUT2D eigenvalue weighted by atomic mass is 10.2. The molecule has 1 aliphatic heterocycles. The third-order valence-corrected chi connectivity index (χ3v) is 5.72. The first-order chi connectivity index (χ1) is 9.05. The molecule has 1 amide bonds. The first-order valence-corrected chi connectivity index (χ1v) is 9.03. The average Bonchev–Trinajstić information content (AvgIpc) is 2.70. The molecule has 0 aliphatic carbocycles. The Bertz CT molecular complexity index is 528. The van der Waals surface area contributed by atoms with Crippen LogP contribution < -0.4 is 5.32 Å². The zero-order valence-electron chi connectivity index (χ0n) is 10.5. The van der Waals surface area contributed by atoms with Crippen molar-refractivity contribution in [1.29, 1.82) is 0 Å². The number of benzene rings is 1. The number of amides is 1. The van der Waals surface area contributed by atoms with Crippen molar-refractivity contribution in [2.24, 2.45) is 0 Å². The highest BCUT2D eigenvalue weighted by Crippen LogP contribution is 2.18. The predicted octanol–water partition coefficient (Wildman–Crippen LogP) is 1.47. The SMILES string of the molecule is O=C(CCSc1ccccc1)NC1CCS(=O)(=O)C1. The van der Waals surface area contributed by atoms with Crippen LogP contribution in [0, 0.1) is 0 Å². The Morgan fingerprint density at radius 3 is 2.68 bits per heavy atom. The van der Waals surface area contributed by atoms with E-state index in [-0.39, 0.29) is 23.5 Å². The van der Waals surface area contributed by atoms with Gasteiger partial charge in [-0.25, -0.2) is 8.42 Å². The van der Waals surface area contributed by atoms with E-state index in [9.17, 15) is 13.2 Å². The smallest absolute Gasteiger partial charge is 0.221 e. The molecule has 1 fully saturated rings. The summed E-state index contributed by atoms with van der Waals surface area (Å²) in [5.74, 6) is 0.918. The van der Waals surface area contributed by atoms with Gasteiger partial charge in [-0.15, -0.1) is 11.8 Å². The van der Waals surface area contributed by atoms with Crippen LogP contribution in [-0.4, -0.2) is 37.6 Å². The second-order valence-electron chi connectivity index (χ2n) is 4.58. The number of hydrogen-bond acceptors (Lipinski definition) is 4. The van der Waals surface area contributed by atoms with Gasteiger partial charge in [-0.05, 0) is 18.6 Å². The minimum absolute atomic E-state index is 0.0643. The van der Waals surface area contributed by atoms with Crippen molar-refractivity contribution in [3.8, 4) is 0 Å². The van der Waals surface area contributed by atoms with E-state index >= 15 is 0 Å². The van der Waals surface area contributed by atoms with Crippen molar-refractivity contribution in [1.82, 2.24) is 5.32 Å². The summed E-state index contributed by atoms with van der Waals surface area (Å²) in [6.07, 6.45) is 0.954. The Hall–Kier alpha value is -1.01. The highest BCUT2D eigenvalue weighted by molar-refractivity contribution is 7.99. The van der Waals surface area contributed by atoms with Crippen molar-refractivity contribution in [3.05, 3.63) is 30.3 Å². The first kappa shape index (κ1) is 14.4. The fourth-order valence-electron chi connectivity index (χ4n) is 1.99. The molecule has 0 radical (unpaired) electrons. The summed E-state index contributed by atoms with van der Waals surface area (Å²) in [6, 6.07) is 9.70. The highest BCUT2D eigenvalue weighted by Gasteiger charge is 2.28. The molecule has 4 nitrogen and oxygen atoms in total. The number of sulfone groups is 1. The minimum Gasteiger partial charge on any atom is -0.352 e. The predicted molar refractivity (Wildman–Crippen MR) is 77.0 cm³/mol. The number of carbonyl (C=O) groups is 1. The normalized spacial score (nSPS) is 21.2. The van der Waals surface area contributed by atoms with Crippen LogP contribution >= 0.6 is 11.8 Å². The lowest BCUT2D eigenvalue weighted by molar-refractivity contribution is -0.121. The molecule has 0 aromatic heterocycles. The van der Waals surface area contributed by atoms with Crippen LogP contribution in [0.4, 0.5) is 0 Å². The molecule has 1 unspecified atom stereocenters. The molecular formula is C13H17NO3S2. The molecule has 6 heteroatoms. The Morgan fingerprint density at radius 1 is 1.32 bits per heavy atom. The summed E-state index contributed by atoms with van der Waals surface area (Å²) in [5.41, 5.74) is 0. The van der Waals surface area contributed by atoms with E-state index < -0.39 is 9.84 Å². The average molecular weight is 299 g/mol. The molecule has 1 aromatic carbocycles. The van der Waals surface area contributed by atoms with Crippen LogP contribution in [0.5, 0.6) is 0 Å². The van der Waals surface area contributed by atoms with Crippen LogP contribution in [0.3, 0.4) is 0 Å². The molecule has 1 saturated heterocycles. The molecule has 0 spiro atoms. The van der Waals surface area contributed by atoms with E-state index in [0.717, 1.165) is 4.90 Å². The van der Waals surface area contributed by atoms with Crippen molar-refractivity contribution >= 4 is 27.5 Å². The molecule has 0 bridgehead atoms. The Labute approximate surface area is 117 Å². The van der Waals surface area contributed by atoms with E-state index in [4.69, 9.17) is 0 Å². The van der Waals surface area contributed by atoms with Gasteiger partial charge in [-0.3, -0.25) is 4.79 Å². The van der Waals surface area contributed by atoms with Gasteiger partial charge in [0.25, 0.3) is 0 Å². The lowest BCUT2D eigenvalue weighted by Gasteiger charge is -2.10. The summed E-state index contributed by atoms with van der Waals surface area (Å²) in [7, 11) is -2.92. The summed E-state index contributed by atoms with van der Waals surface area (Å²) < 4.78 is 22.5. The van der Waals surface area contributed by atoms with Gasteiger partial charge in [0, 0.05) is 23.1 Å². The fraction of sp³-hybridized carbons (Fsp3) is 0.462.